The summed E-state index contributed by atoms with van der Waals surface area (Å²) in [7, 11) is 0. The van der Waals surface area contributed by atoms with Crippen molar-refractivity contribution in [3.63, 3.8) is 0 Å². The maximum Gasteiger partial charge on any atom is 0.255 e. The fourth-order valence-corrected chi connectivity index (χ4v) is 2.20. The lowest BCUT2D eigenvalue weighted by atomic mass is 10.1. The Kier molecular flexibility index (Phi) is 5.12. The molecule has 0 fully saturated rings. The first-order chi connectivity index (χ1) is 12.4. The summed E-state index contributed by atoms with van der Waals surface area (Å²) in [6, 6.07) is 7.80. The SMILES string of the molecule is CC(N)(CO)Cn1nnc(-c2ccc(Oc3ncc(Cl)cc3F)cc2)n1. The van der Waals surface area contributed by atoms with Crippen LogP contribution in [-0.2, 0) is 6.54 Å². The monoisotopic (exact) mass is 378 g/mol. The summed E-state index contributed by atoms with van der Waals surface area (Å²) in [6.07, 6.45) is 1.30. The third-order valence-corrected chi connectivity index (χ3v) is 3.62. The molecule has 136 valence electrons. The summed E-state index contributed by atoms with van der Waals surface area (Å²) in [6.45, 7) is 1.70. The number of aromatic nitrogens is 5. The average molecular weight is 379 g/mol. The Labute approximate surface area is 153 Å². The zero-order valence-corrected chi connectivity index (χ0v) is 14.6. The molecule has 0 spiro atoms. The molecule has 0 aliphatic rings. The molecule has 0 amide bonds. The van der Waals surface area contributed by atoms with Gasteiger partial charge in [0.15, 0.2) is 5.82 Å². The third-order valence-electron chi connectivity index (χ3n) is 3.42. The van der Waals surface area contributed by atoms with Gasteiger partial charge in [0.25, 0.3) is 5.88 Å². The number of hydrogen-bond acceptors (Lipinski definition) is 7. The molecule has 2 aromatic heterocycles. The molecule has 1 atom stereocenters. The van der Waals surface area contributed by atoms with Gasteiger partial charge >= 0.3 is 0 Å². The summed E-state index contributed by atoms with van der Waals surface area (Å²) >= 11 is 5.66. The Balaban J connectivity index is 1.72. The van der Waals surface area contributed by atoms with Crippen LogP contribution in [0.1, 0.15) is 6.92 Å². The van der Waals surface area contributed by atoms with Gasteiger partial charge in [0, 0.05) is 11.8 Å². The normalized spacial score (nSPS) is 13.4. The fourth-order valence-electron chi connectivity index (χ4n) is 2.06. The Bertz CT molecular complexity index is 900. The minimum atomic E-state index is -0.842. The molecule has 26 heavy (non-hydrogen) atoms. The largest absolute Gasteiger partial charge is 0.436 e. The molecule has 1 unspecified atom stereocenters. The molecule has 2 heterocycles. The van der Waals surface area contributed by atoms with E-state index in [1.165, 1.54) is 11.0 Å². The van der Waals surface area contributed by atoms with E-state index in [-0.39, 0.29) is 24.1 Å². The highest BCUT2D eigenvalue weighted by Crippen LogP contribution is 2.25. The van der Waals surface area contributed by atoms with E-state index in [2.05, 4.69) is 20.4 Å². The van der Waals surface area contributed by atoms with Crippen LogP contribution in [0, 0.1) is 5.82 Å². The van der Waals surface area contributed by atoms with Crippen molar-refractivity contribution in [2.45, 2.75) is 19.0 Å². The highest BCUT2D eigenvalue weighted by Gasteiger charge is 2.20. The van der Waals surface area contributed by atoms with E-state index in [0.29, 0.717) is 17.1 Å². The number of rotatable bonds is 6. The molecule has 0 radical (unpaired) electrons. The van der Waals surface area contributed by atoms with Crippen LogP contribution in [0.25, 0.3) is 11.4 Å². The standard InChI is InChI=1S/C16H16ClFN6O2/c1-16(19,9-25)8-24-22-14(21-23-24)10-2-4-12(5-3-10)26-15-13(18)6-11(17)7-20-15/h2-7,25H,8-9,19H2,1H3. The van der Waals surface area contributed by atoms with Crippen molar-refractivity contribution in [3.8, 4) is 23.0 Å². The van der Waals surface area contributed by atoms with Crippen molar-refractivity contribution < 1.29 is 14.2 Å². The molecular formula is C16H16ClFN6O2. The first-order valence-corrected chi connectivity index (χ1v) is 8.01. The second-order valence-corrected chi connectivity index (χ2v) is 6.46. The molecule has 0 bridgehead atoms. The molecule has 0 aliphatic carbocycles. The van der Waals surface area contributed by atoms with Crippen molar-refractivity contribution in [2.75, 3.05) is 6.61 Å². The van der Waals surface area contributed by atoms with Crippen LogP contribution < -0.4 is 10.5 Å². The molecule has 0 aliphatic heterocycles. The van der Waals surface area contributed by atoms with Gasteiger partial charge in [-0.1, -0.05) is 11.6 Å². The zero-order chi connectivity index (χ0) is 18.7. The second-order valence-electron chi connectivity index (χ2n) is 6.02. The molecule has 8 nitrogen and oxygen atoms in total. The van der Waals surface area contributed by atoms with E-state index in [4.69, 9.17) is 22.1 Å². The van der Waals surface area contributed by atoms with E-state index in [1.54, 1.807) is 31.2 Å². The lowest BCUT2D eigenvalue weighted by Gasteiger charge is -2.19. The van der Waals surface area contributed by atoms with Crippen LogP contribution in [-0.4, -0.2) is 42.4 Å². The van der Waals surface area contributed by atoms with Gasteiger partial charge in [-0.05, 0) is 42.5 Å². The highest BCUT2D eigenvalue weighted by molar-refractivity contribution is 6.30. The van der Waals surface area contributed by atoms with E-state index < -0.39 is 11.4 Å². The van der Waals surface area contributed by atoms with Gasteiger partial charge in [-0.15, -0.1) is 10.2 Å². The third kappa shape index (κ3) is 4.31. The summed E-state index contributed by atoms with van der Waals surface area (Å²) in [4.78, 5) is 5.12. The lowest BCUT2D eigenvalue weighted by molar-refractivity contribution is 0.182. The van der Waals surface area contributed by atoms with Crippen LogP contribution >= 0.6 is 11.6 Å². The van der Waals surface area contributed by atoms with Crippen molar-refractivity contribution in [3.05, 3.63) is 47.4 Å². The topological polar surface area (TPSA) is 112 Å². The summed E-state index contributed by atoms with van der Waals surface area (Å²) in [5, 5.41) is 21.5. The van der Waals surface area contributed by atoms with Crippen molar-refractivity contribution in [1.29, 1.82) is 0 Å². The number of tetrazole rings is 1. The van der Waals surface area contributed by atoms with Gasteiger partial charge < -0.3 is 15.6 Å². The minimum absolute atomic E-state index is 0.169. The molecule has 3 aromatic rings. The van der Waals surface area contributed by atoms with Crippen LogP contribution in [0.5, 0.6) is 11.6 Å². The number of nitrogens with zero attached hydrogens (tertiary/aromatic N) is 5. The zero-order valence-electron chi connectivity index (χ0n) is 13.8. The van der Waals surface area contributed by atoms with Crippen LogP contribution in [0.3, 0.4) is 0 Å². The molecular weight excluding hydrogens is 363 g/mol. The van der Waals surface area contributed by atoms with Crippen LogP contribution in [0.4, 0.5) is 4.39 Å². The maximum atomic E-state index is 13.7. The number of pyridine rings is 1. The molecule has 10 heteroatoms. The second kappa shape index (κ2) is 7.32. The molecule has 3 N–H and O–H groups in total. The summed E-state index contributed by atoms with van der Waals surface area (Å²) in [5.41, 5.74) is 5.72. The maximum absolute atomic E-state index is 13.7. The van der Waals surface area contributed by atoms with Gasteiger partial charge in [0.05, 0.1) is 23.7 Å². The molecule has 0 saturated heterocycles. The van der Waals surface area contributed by atoms with Gasteiger partial charge in [-0.25, -0.2) is 9.37 Å². The van der Waals surface area contributed by atoms with E-state index >= 15 is 0 Å². The van der Waals surface area contributed by atoms with Crippen LogP contribution in [0.2, 0.25) is 5.02 Å². The molecule has 0 saturated carbocycles. The average Bonchev–Trinajstić information content (AvgIpc) is 3.06. The minimum Gasteiger partial charge on any atom is -0.436 e. The highest BCUT2D eigenvalue weighted by atomic mass is 35.5. The predicted molar refractivity (Wildman–Crippen MR) is 92.2 cm³/mol. The fraction of sp³-hybridized carbons (Fsp3) is 0.250. The van der Waals surface area contributed by atoms with Gasteiger partial charge in [0.2, 0.25) is 5.82 Å². The Morgan fingerprint density at radius 1 is 1.35 bits per heavy atom. The lowest BCUT2D eigenvalue weighted by Crippen LogP contribution is -2.44. The molecule has 3 rings (SSSR count). The van der Waals surface area contributed by atoms with E-state index in [0.717, 1.165) is 6.07 Å². The van der Waals surface area contributed by atoms with Crippen molar-refractivity contribution in [1.82, 2.24) is 25.2 Å². The summed E-state index contributed by atoms with van der Waals surface area (Å²) < 4.78 is 19.1. The number of aliphatic hydroxyl groups excluding tert-OH is 1. The number of aliphatic hydroxyl groups is 1. The van der Waals surface area contributed by atoms with Crippen molar-refractivity contribution >= 4 is 11.6 Å². The number of hydrogen-bond donors (Lipinski definition) is 2. The van der Waals surface area contributed by atoms with Gasteiger partial charge in [0.1, 0.15) is 5.75 Å². The van der Waals surface area contributed by atoms with Gasteiger partial charge in [-0.2, -0.15) is 4.80 Å². The van der Waals surface area contributed by atoms with Crippen molar-refractivity contribution in [2.24, 2.45) is 5.73 Å². The smallest absolute Gasteiger partial charge is 0.255 e. The summed E-state index contributed by atoms with van der Waals surface area (Å²) in [5.74, 6) is -0.0388. The number of nitrogens with two attached hydrogens (primary N) is 1. The van der Waals surface area contributed by atoms with E-state index in [9.17, 15) is 9.50 Å². The Morgan fingerprint density at radius 2 is 2.08 bits per heavy atom. The predicted octanol–water partition coefficient (Wildman–Crippen LogP) is 2.03. The quantitative estimate of drug-likeness (QED) is 0.674. The van der Waals surface area contributed by atoms with E-state index in [1.807, 2.05) is 0 Å². The first-order valence-electron chi connectivity index (χ1n) is 7.63. The number of ether oxygens (including phenoxy) is 1. The Morgan fingerprint density at radius 3 is 2.73 bits per heavy atom. The number of benzene rings is 1. The number of halogens is 2. The van der Waals surface area contributed by atoms with Gasteiger partial charge in [-0.3, -0.25) is 0 Å². The first kappa shape index (κ1) is 18.2. The Hall–Kier alpha value is -2.62. The van der Waals surface area contributed by atoms with Crippen LogP contribution in [0.15, 0.2) is 36.5 Å². The molecule has 1 aromatic carbocycles.